The van der Waals surface area contributed by atoms with Gasteiger partial charge < -0.3 is 10.2 Å². The highest BCUT2D eigenvalue weighted by molar-refractivity contribution is 5.50. The van der Waals surface area contributed by atoms with Crippen molar-refractivity contribution in [2.45, 2.75) is 65.2 Å². The number of phenols is 2. The largest absolute Gasteiger partial charge is 0.508 e. The van der Waals surface area contributed by atoms with Crippen LogP contribution in [0, 0.1) is 0 Å². The third-order valence-corrected chi connectivity index (χ3v) is 4.34. The molecule has 0 fully saturated rings. The number of aromatic hydroxyl groups is 2. The van der Waals surface area contributed by atoms with Crippen LogP contribution in [0.3, 0.4) is 0 Å². The Labute approximate surface area is 111 Å². The van der Waals surface area contributed by atoms with E-state index in [4.69, 9.17) is 0 Å². The molecule has 2 N–H and O–H groups in total. The second-order valence-electron chi connectivity index (χ2n) is 6.36. The summed E-state index contributed by atoms with van der Waals surface area (Å²) in [5.74, 6) is 0.380. The predicted octanol–water partition coefficient (Wildman–Crippen LogP) is 4.47. The fourth-order valence-electron chi connectivity index (χ4n) is 2.04. The maximum Gasteiger partial charge on any atom is 0.123 e. The monoisotopic (exact) mass is 250 g/mol. The van der Waals surface area contributed by atoms with Crippen LogP contribution < -0.4 is 0 Å². The van der Waals surface area contributed by atoms with Crippen LogP contribution in [-0.4, -0.2) is 10.2 Å². The summed E-state index contributed by atoms with van der Waals surface area (Å²) in [6.07, 6.45) is 1.88. The van der Waals surface area contributed by atoms with E-state index in [1.54, 1.807) is 0 Å². The van der Waals surface area contributed by atoms with Crippen molar-refractivity contribution in [1.29, 1.82) is 0 Å². The molecule has 0 aliphatic rings. The first-order chi connectivity index (χ1) is 8.15. The fraction of sp³-hybridized carbons (Fsp3) is 0.625. The van der Waals surface area contributed by atoms with Crippen LogP contribution in [0.2, 0.25) is 0 Å². The molecule has 0 aliphatic heterocycles. The van der Waals surface area contributed by atoms with Gasteiger partial charge in [0, 0.05) is 17.2 Å². The molecule has 0 saturated heterocycles. The van der Waals surface area contributed by atoms with Crippen molar-refractivity contribution in [3.05, 3.63) is 23.3 Å². The third-order valence-electron chi connectivity index (χ3n) is 4.34. The second kappa shape index (κ2) is 4.83. The van der Waals surface area contributed by atoms with E-state index in [0.717, 1.165) is 24.0 Å². The summed E-state index contributed by atoms with van der Waals surface area (Å²) in [6, 6.07) is 3.46. The standard InChI is InChI=1S/C16H26O2/c1-7-15(3,4)11-9-12(16(5,6)8-2)14(18)10-13(11)17/h9-10,17-18H,7-8H2,1-6H3. The van der Waals surface area contributed by atoms with Crippen molar-refractivity contribution >= 4 is 0 Å². The molecule has 0 atom stereocenters. The van der Waals surface area contributed by atoms with Gasteiger partial charge in [0.25, 0.3) is 0 Å². The Bertz CT molecular complexity index is 394. The van der Waals surface area contributed by atoms with Gasteiger partial charge in [-0.2, -0.15) is 0 Å². The SMILES string of the molecule is CCC(C)(C)c1cc(C(C)(C)CC)c(O)cc1O. The average Bonchev–Trinajstić information content (AvgIpc) is 2.28. The van der Waals surface area contributed by atoms with Gasteiger partial charge in [0.15, 0.2) is 0 Å². The van der Waals surface area contributed by atoms with Crippen LogP contribution in [0.4, 0.5) is 0 Å². The molecule has 0 unspecified atom stereocenters. The van der Waals surface area contributed by atoms with E-state index in [1.165, 1.54) is 6.07 Å². The maximum absolute atomic E-state index is 10.1. The van der Waals surface area contributed by atoms with Crippen LogP contribution in [0.5, 0.6) is 11.5 Å². The predicted molar refractivity (Wildman–Crippen MR) is 76.4 cm³/mol. The Balaban J connectivity index is 3.45. The average molecular weight is 250 g/mol. The first kappa shape index (κ1) is 14.9. The molecular formula is C16H26O2. The fourth-order valence-corrected chi connectivity index (χ4v) is 2.04. The number of benzene rings is 1. The third kappa shape index (κ3) is 2.63. The minimum Gasteiger partial charge on any atom is -0.508 e. The van der Waals surface area contributed by atoms with Gasteiger partial charge in [-0.05, 0) is 29.7 Å². The lowest BCUT2D eigenvalue weighted by Crippen LogP contribution is -2.20. The van der Waals surface area contributed by atoms with Crippen molar-refractivity contribution in [2.75, 3.05) is 0 Å². The highest BCUT2D eigenvalue weighted by Crippen LogP contribution is 2.42. The summed E-state index contributed by atoms with van der Waals surface area (Å²) < 4.78 is 0. The van der Waals surface area contributed by atoms with Crippen molar-refractivity contribution in [1.82, 2.24) is 0 Å². The number of hydrogen-bond acceptors (Lipinski definition) is 2. The zero-order valence-electron chi connectivity index (χ0n) is 12.5. The number of phenolic OH excluding ortho intramolecular Hbond substituents is 2. The summed E-state index contributed by atoms with van der Waals surface area (Å²) in [5, 5.41) is 20.1. The molecule has 0 aromatic heterocycles. The molecule has 2 heteroatoms. The lowest BCUT2D eigenvalue weighted by Gasteiger charge is -2.30. The van der Waals surface area contributed by atoms with Gasteiger partial charge in [0.05, 0.1) is 0 Å². The topological polar surface area (TPSA) is 40.5 Å². The zero-order valence-corrected chi connectivity index (χ0v) is 12.5. The minimum atomic E-state index is -0.0869. The summed E-state index contributed by atoms with van der Waals surface area (Å²) >= 11 is 0. The van der Waals surface area contributed by atoms with Crippen LogP contribution in [0.1, 0.15) is 65.5 Å². The molecule has 1 rings (SSSR count). The minimum absolute atomic E-state index is 0.0869. The van der Waals surface area contributed by atoms with E-state index in [1.807, 2.05) is 6.07 Å². The Hall–Kier alpha value is -1.18. The van der Waals surface area contributed by atoms with Gasteiger partial charge in [-0.3, -0.25) is 0 Å². The van der Waals surface area contributed by atoms with E-state index >= 15 is 0 Å². The molecule has 0 bridgehead atoms. The van der Waals surface area contributed by atoms with Gasteiger partial charge in [-0.25, -0.2) is 0 Å². The second-order valence-corrected chi connectivity index (χ2v) is 6.36. The molecule has 0 heterocycles. The first-order valence-electron chi connectivity index (χ1n) is 6.72. The molecule has 0 radical (unpaired) electrons. The molecule has 102 valence electrons. The number of hydrogen-bond donors (Lipinski definition) is 2. The van der Waals surface area contributed by atoms with Gasteiger partial charge in [0.1, 0.15) is 11.5 Å². The number of rotatable bonds is 4. The van der Waals surface area contributed by atoms with Crippen molar-refractivity contribution < 1.29 is 10.2 Å². The summed E-state index contributed by atoms with van der Waals surface area (Å²) in [6.45, 7) is 12.7. The van der Waals surface area contributed by atoms with E-state index < -0.39 is 0 Å². The lowest BCUT2D eigenvalue weighted by atomic mass is 9.76. The highest BCUT2D eigenvalue weighted by Gasteiger charge is 2.28. The molecular weight excluding hydrogens is 224 g/mol. The molecule has 0 saturated carbocycles. The quantitative estimate of drug-likeness (QED) is 0.827. The summed E-state index contributed by atoms with van der Waals surface area (Å²) in [7, 11) is 0. The van der Waals surface area contributed by atoms with E-state index in [2.05, 4.69) is 41.5 Å². The molecule has 0 spiro atoms. The Morgan fingerprint density at radius 1 is 0.778 bits per heavy atom. The van der Waals surface area contributed by atoms with Crippen molar-refractivity contribution in [2.24, 2.45) is 0 Å². The first-order valence-corrected chi connectivity index (χ1v) is 6.72. The molecule has 18 heavy (non-hydrogen) atoms. The van der Waals surface area contributed by atoms with Gasteiger partial charge in [-0.1, -0.05) is 41.5 Å². The molecule has 0 amide bonds. The van der Waals surface area contributed by atoms with Crippen LogP contribution in [-0.2, 0) is 10.8 Å². The Morgan fingerprint density at radius 3 is 1.39 bits per heavy atom. The van der Waals surface area contributed by atoms with Gasteiger partial charge >= 0.3 is 0 Å². The highest BCUT2D eigenvalue weighted by atomic mass is 16.3. The summed E-state index contributed by atoms with van der Waals surface area (Å²) in [4.78, 5) is 0. The Morgan fingerprint density at radius 2 is 1.11 bits per heavy atom. The normalized spacial score (nSPS) is 12.8. The zero-order chi connectivity index (χ0) is 14.1. The summed E-state index contributed by atoms with van der Waals surface area (Å²) in [5.41, 5.74) is 1.66. The van der Waals surface area contributed by atoms with Crippen LogP contribution in [0.25, 0.3) is 0 Å². The van der Waals surface area contributed by atoms with Crippen LogP contribution >= 0.6 is 0 Å². The Kier molecular flexibility index (Phi) is 3.99. The molecule has 1 aromatic rings. The van der Waals surface area contributed by atoms with Crippen molar-refractivity contribution in [3.63, 3.8) is 0 Å². The molecule has 0 aliphatic carbocycles. The van der Waals surface area contributed by atoms with Crippen molar-refractivity contribution in [3.8, 4) is 11.5 Å². The lowest BCUT2D eigenvalue weighted by molar-refractivity contribution is 0.401. The van der Waals surface area contributed by atoms with Gasteiger partial charge in [0.2, 0.25) is 0 Å². The maximum atomic E-state index is 10.1. The molecule has 1 aromatic carbocycles. The van der Waals surface area contributed by atoms with E-state index in [9.17, 15) is 10.2 Å². The molecule has 2 nitrogen and oxygen atoms in total. The van der Waals surface area contributed by atoms with E-state index in [0.29, 0.717) is 0 Å². The van der Waals surface area contributed by atoms with Crippen LogP contribution in [0.15, 0.2) is 12.1 Å². The smallest absolute Gasteiger partial charge is 0.123 e. The van der Waals surface area contributed by atoms with Gasteiger partial charge in [-0.15, -0.1) is 0 Å². The van der Waals surface area contributed by atoms with E-state index in [-0.39, 0.29) is 22.3 Å².